The first-order chi connectivity index (χ1) is 27.3. The highest BCUT2D eigenvalue weighted by atomic mass is 19.1. The molecule has 16 nitrogen and oxygen atoms in total. The number of amides is 3. The number of nitriles is 2. The third-order valence-corrected chi connectivity index (χ3v) is 11.1. The molecule has 8 rings (SSSR count). The van der Waals surface area contributed by atoms with Crippen LogP contribution in [0.15, 0.2) is 55.1 Å². The van der Waals surface area contributed by atoms with Gasteiger partial charge in [0.2, 0.25) is 5.91 Å². The van der Waals surface area contributed by atoms with Gasteiger partial charge in [0.1, 0.15) is 23.6 Å². The number of fused-ring (bicyclic) bond motifs is 1. The molecule has 2 aliphatic heterocycles. The Morgan fingerprint density at radius 3 is 2.55 bits per heavy atom. The molecule has 0 spiro atoms. The predicted octanol–water partition coefficient (Wildman–Crippen LogP) is 4.66. The Bertz CT molecular complexity index is 2350. The van der Waals surface area contributed by atoms with Crippen LogP contribution >= 0.6 is 0 Å². The van der Waals surface area contributed by atoms with Crippen molar-refractivity contribution in [3.8, 4) is 23.6 Å². The summed E-state index contributed by atoms with van der Waals surface area (Å²) in [7, 11) is 0. The van der Waals surface area contributed by atoms with E-state index in [9.17, 15) is 20.1 Å². The Labute approximate surface area is 322 Å². The van der Waals surface area contributed by atoms with Gasteiger partial charge in [-0.25, -0.2) is 23.8 Å². The molecule has 2 saturated heterocycles. The third-order valence-electron chi connectivity index (χ3n) is 11.1. The zero-order valence-electron chi connectivity index (χ0n) is 31.0. The van der Waals surface area contributed by atoms with Crippen molar-refractivity contribution in [2.75, 3.05) is 54.4 Å². The Kier molecular flexibility index (Phi) is 10.2. The van der Waals surface area contributed by atoms with Crippen molar-refractivity contribution in [3.05, 3.63) is 72.2 Å². The van der Waals surface area contributed by atoms with Crippen LogP contribution in [0, 0.1) is 34.4 Å². The third kappa shape index (κ3) is 7.58. The molecule has 3 amide bonds. The topological polar surface area (TPSA) is 190 Å². The lowest BCUT2D eigenvalue weighted by atomic mass is 9.79. The van der Waals surface area contributed by atoms with E-state index in [4.69, 9.17) is 0 Å². The Hall–Kier alpha value is -6.46. The molecule has 5 aromatic rings. The second kappa shape index (κ2) is 15.7. The number of anilines is 3. The first kappa shape index (κ1) is 36.5. The Morgan fingerprint density at radius 2 is 1.80 bits per heavy atom. The lowest BCUT2D eigenvalue weighted by Gasteiger charge is -2.37. The average Bonchev–Trinajstić information content (AvgIpc) is 3.88. The first-order valence-corrected chi connectivity index (χ1v) is 19.0. The number of nitrogens with one attached hydrogen (secondary N) is 2. The number of hydrogen-bond acceptors (Lipinski definition) is 12. The van der Waals surface area contributed by atoms with Crippen molar-refractivity contribution in [1.82, 2.24) is 45.0 Å². The van der Waals surface area contributed by atoms with Gasteiger partial charge in [-0.15, -0.1) is 5.10 Å². The molecule has 1 atom stereocenters. The lowest BCUT2D eigenvalue weighted by Crippen LogP contribution is -2.49. The maximum absolute atomic E-state index is 15.2. The molecular weight excluding hydrogens is 716 g/mol. The predicted molar refractivity (Wildman–Crippen MR) is 205 cm³/mol. The van der Waals surface area contributed by atoms with E-state index in [0.717, 1.165) is 75.9 Å². The fraction of sp³-hybridized carbons (Fsp3) is 0.410. The normalized spacial score (nSPS) is 19.7. The number of urea groups is 1. The number of benzene rings is 1. The van der Waals surface area contributed by atoms with Gasteiger partial charge >= 0.3 is 6.03 Å². The summed E-state index contributed by atoms with van der Waals surface area (Å²) in [5, 5.41) is 38.6. The molecule has 1 aliphatic carbocycles. The summed E-state index contributed by atoms with van der Waals surface area (Å²) in [6, 6.07) is 11.7. The second-order valence-electron chi connectivity index (χ2n) is 14.7. The molecule has 6 heterocycles. The molecule has 3 aliphatic rings. The van der Waals surface area contributed by atoms with Gasteiger partial charge in [0.25, 0.3) is 0 Å². The maximum Gasteiger partial charge on any atom is 0.328 e. The van der Waals surface area contributed by atoms with Crippen LogP contribution in [-0.4, -0.2) is 96.9 Å². The minimum Gasteiger partial charge on any atom is -0.368 e. The van der Waals surface area contributed by atoms with Gasteiger partial charge in [0.15, 0.2) is 11.5 Å². The van der Waals surface area contributed by atoms with E-state index in [1.54, 1.807) is 52.9 Å². The minimum atomic E-state index is -0.521. The summed E-state index contributed by atoms with van der Waals surface area (Å²) in [5.41, 5.74) is 4.23. The fourth-order valence-electron chi connectivity index (χ4n) is 7.90. The van der Waals surface area contributed by atoms with E-state index in [1.165, 1.54) is 17.2 Å². The van der Waals surface area contributed by atoms with E-state index in [0.29, 0.717) is 51.6 Å². The standard InChI is InChI=1S/C39H41FN14O2/c1-25(19-41)46-32-18-36(54-38-29(22-45-54)16-27(20-42)21-44-38)43-23-35(32)53-24-33(48-49-53)28-4-2-26(3-5-28)8-10-50-12-14-51(15-13-50)34-7-6-30(17-31(34)40)52-11-9-37(55)47-39(52)56/h6-7,16-18,21-26,28H,2-5,8-15H2,1H3,(H,43,46)(H,47,55,56)/t25-,26?,28?/m1/s1. The largest absolute Gasteiger partial charge is 0.368 e. The van der Waals surface area contributed by atoms with Crippen molar-refractivity contribution >= 4 is 40.0 Å². The average molecular weight is 757 g/mol. The van der Waals surface area contributed by atoms with Gasteiger partial charge in [0.05, 0.1) is 47.3 Å². The first-order valence-electron chi connectivity index (χ1n) is 19.0. The van der Waals surface area contributed by atoms with Crippen LogP contribution in [0.4, 0.5) is 26.2 Å². The number of hydrogen-bond donors (Lipinski definition) is 2. The van der Waals surface area contributed by atoms with Gasteiger partial charge in [-0.05, 0) is 75.8 Å². The fourth-order valence-corrected chi connectivity index (χ4v) is 7.90. The molecule has 0 unspecified atom stereocenters. The summed E-state index contributed by atoms with van der Waals surface area (Å²) in [6.45, 7) is 6.18. The minimum absolute atomic E-state index is 0.194. The monoisotopic (exact) mass is 756 g/mol. The number of aromatic nitrogens is 7. The molecule has 17 heteroatoms. The van der Waals surface area contributed by atoms with Crippen LogP contribution in [0.1, 0.15) is 62.6 Å². The van der Waals surface area contributed by atoms with Crippen LogP contribution in [0.5, 0.6) is 0 Å². The lowest BCUT2D eigenvalue weighted by molar-refractivity contribution is -0.120. The summed E-state index contributed by atoms with van der Waals surface area (Å²) in [5.74, 6) is 0.748. The molecule has 0 radical (unpaired) electrons. The summed E-state index contributed by atoms with van der Waals surface area (Å²) < 4.78 is 18.5. The van der Waals surface area contributed by atoms with Crippen molar-refractivity contribution in [3.63, 3.8) is 0 Å². The SMILES string of the molecule is C[C@H](C#N)Nc1cc(-n2ncc3cc(C#N)cnc32)ncc1-n1cc(C2CCC(CCN3CCN(c4ccc(N5CCC(=O)NC5=O)cc4F)CC3)CC2)nn1. The van der Waals surface area contributed by atoms with Gasteiger partial charge in [-0.3, -0.25) is 19.9 Å². The zero-order chi connectivity index (χ0) is 38.8. The molecule has 4 aromatic heterocycles. The van der Waals surface area contributed by atoms with E-state index in [1.807, 2.05) is 6.20 Å². The molecule has 0 bridgehead atoms. The molecule has 2 N–H and O–H groups in total. The quantitative estimate of drug-likeness (QED) is 0.201. The maximum atomic E-state index is 15.2. The number of piperazine rings is 1. The van der Waals surface area contributed by atoms with E-state index < -0.39 is 12.1 Å². The number of halogens is 1. The molecule has 286 valence electrons. The van der Waals surface area contributed by atoms with Crippen LogP contribution < -0.4 is 20.4 Å². The Morgan fingerprint density at radius 1 is 0.982 bits per heavy atom. The number of rotatable bonds is 10. The molecular formula is C39H41FN14O2. The van der Waals surface area contributed by atoms with E-state index in [2.05, 4.69) is 58.0 Å². The highest BCUT2D eigenvalue weighted by molar-refractivity contribution is 6.05. The van der Waals surface area contributed by atoms with Crippen molar-refractivity contribution < 1.29 is 14.0 Å². The van der Waals surface area contributed by atoms with Crippen molar-refractivity contribution in [1.29, 1.82) is 10.5 Å². The highest BCUT2D eigenvalue weighted by Gasteiger charge is 2.28. The summed E-state index contributed by atoms with van der Waals surface area (Å²) >= 11 is 0. The van der Waals surface area contributed by atoms with Crippen LogP contribution in [0.25, 0.3) is 22.5 Å². The number of nitrogens with zero attached hydrogens (tertiary/aromatic N) is 12. The summed E-state index contributed by atoms with van der Waals surface area (Å²) in [6.07, 6.45) is 12.4. The van der Waals surface area contributed by atoms with Crippen molar-refractivity contribution in [2.24, 2.45) is 5.92 Å². The number of carbonyl (C=O) groups excluding carboxylic acids is 2. The van der Waals surface area contributed by atoms with E-state index in [-0.39, 0.29) is 24.7 Å². The number of pyridine rings is 2. The molecule has 1 saturated carbocycles. The molecule has 56 heavy (non-hydrogen) atoms. The summed E-state index contributed by atoms with van der Waals surface area (Å²) in [4.78, 5) is 38.7. The molecule has 3 fully saturated rings. The highest BCUT2D eigenvalue weighted by Crippen LogP contribution is 2.37. The van der Waals surface area contributed by atoms with Gasteiger partial charge in [0, 0.05) is 68.4 Å². The van der Waals surface area contributed by atoms with E-state index >= 15 is 4.39 Å². The zero-order valence-corrected chi connectivity index (χ0v) is 31.0. The van der Waals surface area contributed by atoms with Gasteiger partial charge in [-0.2, -0.15) is 20.3 Å². The van der Waals surface area contributed by atoms with Crippen LogP contribution in [0.3, 0.4) is 0 Å². The second-order valence-corrected chi connectivity index (χ2v) is 14.7. The van der Waals surface area contributed by atoms with Gasteiger partial charge in [-0.1, -0.05) is 5.21 Å². The van der Waals surface area contributed by atoms with Gasteiger partial charge < -0.3 is 10.2 Å². The van der Waals surface area contributed by atoms with Crippen molar-refractivity contribution in [2.45, 2.75) is 57.4 Å². The van der Waals surface area contributed by atoms with Crippen LogP contribution in [-0.2, 0) is 4.79 Å². The molecule has 1 aromatic carbocycles. The van der Waals surface area contributed by atoms with Crippen LogP contribution in [0.2, 0.25) is 0 Å². The number of imide groups is 1. The smallest absolute Gasteiger partial charge is 0.328 e. The number of carbonyl (C=O) groups is 2. The Balaban J connectivity index is 0.842.